The van der Waals surface area contributed by atoms with Gasteiger partial charge in [-0.1, -0.05) is 24.3 Å². The molecule has 3 aromatic heterocycles. The van der Waals surface area contributed by atoms with Crippen molar-refractivity contribution >= 4 is 10.9 Å². The van der Waals surface area contributed by atoms with E-state index in [1.165, 1.54) is 5.56 Å². The molecule has 0 aliphatic heterocycles. The van der Waals surface area contributed by atoms with Crippen LogP contribution >= 0.6 is 0 Å². The summed E-state index contributed by atoms with van der Waals surface area (Å²) in [6.07, 6.45) is 5.26. The lowest BCUT2D eigenvalue weighted by atomic mass is 10.1. The first-order chi connectivity index (χ1) is 11.9. The van der Waals surface area contributed by atoms with Crippen LogP contribution < -0.4 is 0 Å². The molecule has 4 aromatic rings. The third kappa shape index (κ3) is 3.24. The van der Waals surface area contributed by atoms with Crippen molar-refractivity contribution in [1.29, 1.82) is 0 Å². The Balaban J connectivity index is 1.62. The summed E-state index contributed by atoms with van der Waals surface area (Å²) in [6.45, 7) is 2.21. The lowest BCUT2D eigenvalue weighted by Crippen LogP contribution is -2.22. The van der Waals surface area contributed by atoms with Gasteiger partial charge in [0.05, 0.1) is 31.1 Å². The first-order valence-corrected chi connectivity index (χ1v) is 7.98. The highest BCUT2D eigenvalue weighted by Gasteiger charge is 2.13. The van der Waals surface area contributed by atoms with Crippen molar-refractivity contribution in [2.75, 3.05) is 0 Å². The van der Waals surface area contributed by atoms with E-state index in [-0.39, 0.29) is 0 Å². The molecule has 4 heteroatoms. The van der Waals surface area contributed by atoms with Crippen LogP contribution in [0.25, 0.3) is 10.9 Å². The van der Waals surface area contributed by atoms with E-state index < -0.39 is 0 Å². The van der Waals surface area contributed by atoms with Crippen molar-refractivity contribution in [1.82, 2.24) is 9.88 Å². The van der Waals surface area contributed by atoms with Gasteiger partial charge < -0.3 is 8.83 Å². The van der Waals surface area contributed by atoms with Crippen LogP contribution in [0.5, 0.6) is 0 Å². The van der Waals surface area contributed by atoms with Gasteiger partial charge in [0.15, 0.2) is 0 Å². The van der Waals surface area contributed by atoms with E-state index in [4.69, 9.17) is 8.83 Å². The van der Waals surface area contributed by atoms with E-state index in [9.17, 15) is 0 Å². The molecule has 24 heavy (non-hydrogen) atoms. The SMILES string of the molecule is c1coc(CN(Cc2ccco2)Cc2cccc3cccnc23)c1. The van der Waals surface area contributed by atoms with Gasteiger partial charge in [-0.3, -0.25) is 9.88 Å². The number of pyridine rings is 1. The van der Waals surface area contributed by atoms with E-state index in [2.05, 4.69) is 34.1 Å². The van der Waals surface area contributed by atoms with Crippen molar-refractivity contribution < 1.29 is 8.83 Å². The summed E-state index contributed by atoms with van der Waals surface area (Å²) in [5, 5.41) is 1.16. The second kappa shape index (κ2) is 6.72. The first-order valence-electron chi connectivity index (χ1n) is 7.98. The quantitative estimate of drug-likeness (QED) is 0.520. The molecule has 0 spiro atoms. The van der Waals surface area contributed by atoms with Crippen LogP contribution in [0.4, 0.5) is 0 Å². The highest BCUT2D eigenvalue weighted by Crippen LogP contribution is 2.20. The Morgan fingerprint density at radius 1 is 0.750 bits per heavy atom. The predicted molar refractivity (Wildman–Crippen MR) is 92.1 cm³/mol. The molecule has 0 bridgehead atoms. The second-order valence-electron chi connectivity index (χ2n) is 5.80. The molecule has 0 saturated carbocycles. The summed E-state index contributed by atoms with van der Waals surface area (Å²) in [4.78, 5) is 6.85. The van der Waals surface area contributed by atoms with Crippen LogP contribution in [0, 0.1) is 0 Å². The Labute approximate surface area is 140 Å². The molecule has 0 aliphatic rings. The molecule has 4 rings (SSSR count). The van der Waals surface area contributed by atoms with Gasteiger partial charge in [-0.05, 0) is 35.9 Å². The van der Waals surface area contributed by atoms with E-state index in [0.717, 1.165) is 42.1 Å². The Morgan fingerprint density at radius 3 is 2.12 bits per heavy atom. The topological polar surface area (TPSA) is 42.4 Å². The van der Waals surface area contributed by atoms with Gasteiger partial charge in [-0.15, -0.1) is 0 Å². The summed E-state index contributed by atoms with van der Waals surface area (Å²) in [5.41, 5.74) is 2.25. The van der Waals surface area contributed by atoms with Crippen LogP contribution in [0.15, 0.2) is 82.2 Å². The van der Waals surface area contributed by atoms with Crippen LogP contribution in [-0.4, -0.2) is 9.88 Å². The summed E-state index contributed by atoms with van der Waals surface area (Å²) in [5.74, 6) is 1.88. The number of fused-ring (bicyclic) bond motifs is 1. The van der Waals surface area contributed by atoms with Gasteiger partial charge in [-0.2, -0.15) is 0 Å². The number of hydrogen-bond donors (Lipinski definition) is 0. The highest BCUT2D eigenvalue weighted by molar-refractivity contribution is 5.81. The van der Waals surface area contributed by atoms with Gasteiger partial charge in [0.25, 0.3) is 0 Å². The molecule has 1 aromatic carbocycles. The molecular weight excluding hydrogens is 300 g/mol. The number of hydrogen-bond acceptors (Lipinski definition) is 4. The Kier molecular flexibility index (Phi) is 4.13. The minimum Gasteiger partial charge on any atom is -0.468 e. The molecule has 0 amide bonds. The van der Waals surface area contributed by atoms with Gasteiger partial charge in [-0.25, -0.2) is 0 Å². The summed E-state index contributed by atoms with van der Waals surface area (Å²) in [6, 6.07) is 18.2. The molecule has 0 N–H and O–H groups in total. The summed E-state index contributed by atoms with van der Waals surface area (Å²) in [7, 11) is 0. The fourth-order valence-corrected chi connectivity index (χ4v) is 2.95. The molecule has 0 aliphatic carbocycles. The smallest absolute Gasteiger partial charge is 0.117 e. The number of furan rings is 2. The van der Waals surface area contributed by atoms with E-state index >= 15 is 0 Å². The Bertz CT molecular complexity index is 857. The van der Waals surface area contributed by atoms with Gasteiger partial charge in [0.1, 0.15) is 11.5 Å². The lowest BCUT2D eigenvalue weighted by molar-refractivity contribution is 0.210. The standard InChI is InChI=1S/C20H18N2O2/c1-5-16-7-2-10-21-20(16)17(6-1)13-22(14-18-8-3-11-23-18)15-19-9-4-12-24-19/h1-12H,13-15H2. The minimum atomic E-state index is 0.719. The normalized spacial score (nSPS) is 11.4. The number of para-hydroxylation sites is 1. The van der Waals surface area contributed by atoms with Crippen molar-refractivity contribution in [2.24, 2.45) is 0 Å². The average Bonchev–Trinajstić information content (AvgIpc) is 3.29. The van der Waals surface area contributed by atoms with Crippen molar-refractivity contribution in [2.45, 2.75) is 19.6 Å². The summed E-state index contributed by atoms with van der Waals surface area (Å²) >= 11 is 0. The lowest BCUT2D eigenvalue weighted by Gasteiger charge is -2.21. The Hall–Kier alpha value is -2.85. The number of rotatable bonds is 6. The maximum Gasteiger partial charge on any atom is 0.117 e. The molecule has 0 atom stereocenters. The van der Waals surface area contributed by atoms with E-state index in [1.807, 2.05) is 36.5 Å². The molecule has 4 nitrogen and oxygen atoms in total. The van der Waals surface area contributed by atoms with E-state index in [1.54, 1.807) is 12.5 Å². The molecule has 0 radical (unpaired) electrons. The van der Waals surface area contributed by atoms with Crippen molar-refractivity contribution in [3.8, 4) is 0 Å². The summed E-state index contributed by atoms with van der Waals surface area (Å²) < 4.78 is 11.0. The Morgan fingerprint density at radius 2 is 1.46 bits per heavy atom. The zero-order valence-electron chi connectivity index (χ0n) is 13.3. The monoisotopic (exact) mass is 318 g/mol. The average molecular weight is 318 g/mol. The molecule has 0 fully saturated rings. The van der Waals surface area contributed by atoms with Crippen molar-refractivity contribution in [3.05, 3.63) is 90.4 Å². The zero-order chi connectivity index (χ0) is 16.2. The third-order valence-electron chi connectivity index (χ3n) is 4.03. The van der Waals surface area contributed by atoms with Gasteiger partial charge >= 0.3 is 0 Å². The second-order valence-corrected chi connectivity index (χ2v) is 5.80. The highest BCUT2D eigenvalue weighted by atomic mass is 16.3. The molecule has 0 unspecified atom stereocenters. The third-order valence-corrected chi connectivity index (χ3v) is 4.03. The van der Waals surface area contributed by atoms with Gasteiger partial charge in [0.2, 0.25) is 0 Å². The van der Waals surface area contributed by atoms with Crippen LogP contribution in [0.1, 0.15) is 17.1 Å². The zero-order valence-corrected chi connectivity index (χ0v) is 13.3. The minimum absolute atomic E-state index is 0.719. The predicted octanol–water partition coefficient (Wildman–Crippen LogP) is 4.62. The van der Waals surface area contributed by atoms with Crippen LogP contribution in [-0.2, 0) is 19.6 Å². The largest absolute Gasteiger partial charge is 0.468 e. The van der Waals surface area contributed by atoms with Crippen LogP contribution in [0.2, 0.25) is 0 Å². The van der Waals surface area contributed by atoms with Crippen LogP contribution in [0.3, 0.4) is 0 Å². The van der Waals surface area contributed by atoms with Crippen molar-refractivity contribution in [3.63, 3.8) is 0 Å². The molecule has 3 heterocycles. The first kappa shape index (κ1) is 14.7. The molecular formula is C20H18N2O2. The fourth-order valence-electron chi connectivity index (χ4n) is 2.95. The fraction of sp³-hybridized carbons (Fsp3) is 0.150. The maximum absolute atomic E-state index is 5.52. The molecule has 120 valence electrons. The van der Waals surface area contributed by atoms with Gasteiger partial charge in [0, 0.05) is 18.1 Å². The maximum atomic E-state index is 5.52. The molecule has 0 saturated heterocycles. The number of aromatic nitrogens is 1. The van der Waals surface area contributed by atoms with E-state index in [0.29, 0.717) is 0 Å². The number of nitrogens with zero attached hydrogens (tertiary/aromatic N) is 2. The number of benzene rings is 1.